The summed E-state index contributed by atoms with van der Waals surface area (Å²) < 4.78 is 5.62. The predicted octanol–water partition coefficient (Wildman–Crippen LogP) is 3.69. The fourth-order valence-corrected chi connectivity index (χ4v) is 4.94. The summed E-state index contributed by atoms with van der Waals surface area (Å²) in [4.78, 5) is 52.3. The van der Waals surface area contributed by atoms with Crippen LogP contribution < -0.4 is 21.4 Å². The van der Waals surface area contributed by atoms with Gasteiger partial charge in [-0.25, -0.2) is 9.80 Å². The van der Waals surface area contributed by atoms with Gasteiger partial charge in [-0.3, -0.25) is 19.8 Å². The summed E-state index contributed by atoms with van der Waals surface area (Å²) in [5, 5.41) is 21.6. The number of alkyl carbamates (subject to hydrolysis) is 1. The van der Waals surface area contributed by atoms with Gasteiger partial charge in [0.1, 0.15) is 17.7 Å². The van der Waals surface area contributed by atoms with Crippen LogP contribution in [-0.4, -0.2) is 72.3 Å². The second kappa shape index (κ2) is 16.2. The zero-order chi connectivity index (χ0) is 34.0. The monoisotopic (exact) mass is 689 g/mol. The average Bonchev–Trinajstić information content (AvgIpc) is 2.97. The van der Waals surface area contributed by atoms with Crippen LogP contribution in [0.3, 0.4) is 0 Å². The van der Waals surface area contributed by atoms with E-state index in [1.807, 2.05) is 96.1 Å². The topological polar surface area (TPSA) is 149 Å². The van der Waals surface area contributed by atoms with Gasteiger partial charge in [-0.1, -0.05) is 99.9 Å². The number of amides is 4. The third-order valence-corrected chi connectivity index (χ3v) is 7.87. The van der Waals surface area contributed by atoms with Crippen molar-refractivity contribution in [1.82, 2.24) is 26.4 Å². The summed E-state index contributed by atoms with van der Waals surface area (Å²) in [5.74, 6) is -1.58. The van der Waals surface area contributed by atoms with Gasteiger partial charge in [0.05, 0.1) is 7.11 Å². The minimum Gasteiger partial charge on any atom is -0.453 e. The number of benzene rings is 2. The van der Waals surface area contributed by atoms with E-state index < -0.39 is 46.4 Å². The Balaban J connectivity index is 2.45. The van der Waals surface area contributed by atoms with Gasteiger partial charge in [-0.05, 0) is 34.1 Å². The SMILES string of the molecule is CNC(=O)[C@@H](NC(=O)[C@@](O)(CCN(Cc1ccc(Br)cc1)NC(=O)[C@@H](NC(=O)OC)C(C)(C)C)Cc1ccccc1)C(C)(C)C. The molecule has 3 atom stereocenters. The maximum atomic E-state index is 13.9. The molecular weight excluding hydrogens is 642 g/mol. The van der Waals surface area contributed by atoms with Crippen LogP contribution in [0.15, 0.2) is 59.1 Å². The van der Waals surface area contributed by atoms with E-state index in [1.165, 1.54) is 14.2 Å². The predicted molar refractivity (Wildman–Crippen MR) is 177 cm³/mol. The van der Waals surface area contributed by atoms with E-state index in [0.717, 1.165) is 15.6 Å². The first kappa shape index (κ1) is 37.7. The minimum atomic E-state index is -1.95. The molecular formula is C33H48BrN5O6. The summed E-state index contributed by atoms with van der Waals surface area (Å²) in [7, 11) is 2.71. The highest BCUT2D eigenvalue weighted by Crippen LogP contribution is 2.25. The number of hydrogen-bond acceptors (Lipinski definition) is 7. The molecule has 0 aliphatic carbocycles. The molecule has 4 amide bonds. The third-order valence-electron chi connectivity index (χ3n) is 7.34. The van der Waals surface area contributed by atoms with Gasteiger partial charge in [-0.2, -0.15) is 0 Å². The van der Waals surface area contributed by atoms with Crippen LogP contribution in [0.4, 0.5) is 4.79 Å². The van der Waals surface area contributed by atoms with Gasteiger partial charge in [0.15, 0.2) is 0 Å². The third kappa shape index (κ3) is 11.8. The summed E-state index contributed by atoms with van der Waals surface area (Å²) in [5.41, 5.74) is 1.21. The molecule has 0 aliphatic rings. The van der Waals surface area contributed by atoms with Crippen molar-refractivity contribution in [3.8, 4) is 0 Å². The molecule has 45 heavy (non-hydrogen) atoms. The van der Waals surface area contributed by atoms with Gasteiger partial charge in [0.25, 0.3) is 11.8 Å². The van der Waals surface area contributed by atoms with E-state index >= 15 is 0 Å². The number of likely N-dealkylation sites (N-methyl/N-ethyl adjacent to an activating group) is 1. The van der Waals surface area contributed by atoms with Crippen molar-refractivity contribution in [1.29, 1.82) is 0 Å². The second-order valence-electron chi connectivity index (χ2n) is 13.3. The first-order chi connectivity index (χ1) is 20.9. The normalized spacial score (nSPS) is 14.5. The Morgan fingerprint density at radius 2 is 1.40 bits per heavy atom. The molecule has 0 fully saturated rings. The van der Waals surface area contributed by atoms with E-state index in [4.69, 9.17) is 4.74 Å². The van der Waals surface area contributed by atoms with Gasteiger partial charge in [0, 0.05) is 37.5 Å². The van der Waals surface area contributed by atoms with Gasteiger partial charge < -0.3 is 25.8 Å². The van der Waals surface area contributed by atoms with Crippen LogP contribution in [-0.2, 0) is 32.1 Å². The van der Waals surface area contributed by atoms with Gasteiger partial charge in [-0.15, -0.1) is 0 Å². The van der Waals surface area contributed by atoms with Crippen LogP contribution in [0, 0.1) is 10.8 Å². The molecule has 0 radical (unpaired) electrons. The highest BCUT2D eigenvalue weighted by atomic mass is 79.9. The van der Waals surface area contributed by atoms with E-state index in [2.05, 4.69) is 37.3 Å². The molecule has 0 spiro atoms. The van der Waals surface area contributed by atoms with Crippen molar-refractivity contribution < 1.29 is 29.0 Å². The van der Waals surface area contributed by atoms with Crippen molar-refractivity contribution in [2.75, 3.05) is 20.7 Å². The Morgan fingerprint density at radius 1 is 0.844 bits per heavy atom. The lowest BCUT2D eigenvalue weighted by Crippen LogP contribution is -2.60. The second-order valence-corrected chi connectivity index (χ2v) is 14.2. The fraction of sp³-hybridized carbons (Fsp3) is 0.515. The Hall–Kier alpha value is -3.48. The standard InChI is InChI=1S/C33H48BrN5O6/c1-31(2,3)25(27(40)35-7)36-29(42)33(44,20-22-12-10-9-11-13-22)18-19-39(21-23-14-16-24(34)17-15-23)38-28(41)26(32(4,5)6)37-30(43)45-8/h9-17,25-26,44H,18-21H2,1-8H3,(H,35,40)(H,36,42)(H,37,43)(H,38,41)/t25-,26-,33-/m1/s1. The summed E-state index contributed by atoms with van der Waals surface area (Å²) in [6.07, 6.45) is -0.874. The van der Waals surface area contributed by atoms with Crippen molar-refractivity contribution in [3.63, 3.8) is 0 Å². The number of halogens is 1. The number of carbonyl (C=O) groups excluding carboxylic acids is 4. The van der Waals surface area contributed by atoms with Crippen LogP contribution in [0.25, 0.3) is 0 Å². The Labute approximate surface area is 275 Å². The number of carbonyl (C=O) groups is 4. The molecule has 0 bridgehead atoms. The fourth-order valence-electron chi connectivity index (χ4n) is 4.68. The number of hydrogen-bond donors (Lipinski definition) is 5. The van der Waals surface area contributed by atoms with Crippen LogP contribution >= 0.6 is 15.9 Å². The van der Waals surface area contributed by atoms with E-state index in [9.17, 15) is 24.3 Å². The quantitative estimate of drug-likeness (QED) is 0.202. The molecule has 0 aliphatic heterocycles. The lowest BCUT2D eigenvalue weighted by atomic mass is 9.84. The maximum absolute atomic E-state index is 13.9. The van der Waals surface area contributed by atoms with Crippen molar-refractivity contribution in [3.05, 3.63) is 70.2 Å². The smallest absolute Gasteiger partial charge is 0.407 e. The molecule has 5 N–H and O–H groups in total. The summed E-state index contributed by atoms with van der Waals surface area (Å²) >= 11 is 3.43. The van der Waals surface area contributed by atoms with Gasteiger partial charge in [0.2, 0.25) is 5.91 Å². The average molecular weight is 691 g/mol. The highest BCUT2D eigenvalue weighted by molar-refractivity contribution is 9.10. The van der Waals surface area contributed by atoms with Crippen molar-refractivity contribution in [2.45, 2.75) is 78.6 Å². The molecule has 2 aromatic carbocycles. The summed E-state index contributed by atoms with van der Waals surface area (Å²) in [6, 6.07) is 14.7. The van der Waals surface area contributed by atoms with E-state index in [-0.39, 0.29) is 31.8 Å². The highest BCUT2D eigenvalue weighted by Gasteiger charge is 2.42. The lowest BCUT2D eigenvalue weighted by molar-refractivity contribution is -0.145. The number of nitrogens with zero attached hydrogens (tertiary/aromatic N) is 1. The first-order valence-corrected chi connectivity index (χ1v) is 15.6. The Kier molecular flexibility index (Phi) is 13.6. The van der Waals surface area contributed by atoms with Crippen LogP contribution in [0.2, 0.25) is 0 Å². The molecule has 0 unspecified atom stereocenters. The number of nitrogens with one attached hydrogen (secondary N) is 4. The zero-order valence-corrected chi connectivity index (χ0v) is 29.1. The maximum Gasteiger partial charge on any atom is 0.407 e. The number of rotatable bonds is 13. The molecule has 0 saturated carbocycles. The van der Waals surface area contributed by atoms with Crippen molar-refractivity contribution in [2.24, 2.45) is 10.8 Å². The molecule has 2 rings (SSSR count). The molecule has 0 aromatic heterocycles. The number of hydrazine groups is 1. The molecule has 248 valence electrons. The molecule has 11 nitrogen and oxygen atoms in total. The summed E-state index contributed by atoms with van der Waals surface area (Å²) in [6.45, 7) is 11.2. The number of methoxy groups -OCH3 is 1. The van der Waals surface area contributed by atoms with E-state index in [0.29, 0.717) is 0 Å². The Bertz CT molecular complexity index is 1290. The molecule has 2 aromatic rings. The van der Waals surface area contributed by atoms with Crippen molar-refractivity contribution >= 4 is 39.7 Å². The molecule has 12 heteroatoms. The number of ether oxygens (including phenoxy) is 1. The Morgan fingerprint density at radius 3 is 1.91 bits per heavy atom. The van der Waals surface area contributed by atoms with Gasteiger partial charge >= 0.3 is 6.09 Å². The lowest BCUT2D eigenvalue weighted by Gasteiger charge is -2.36. The first-order valence-electron chi connectivity index (χ1n) is 14.8. The zero-order valence-electron chi connectivity index (χ0n) is 27.5. The molecule has 0 heterocycles. The number of aliphatic hydroxyl groups is 1. The van der Waals surface area contributed by atoms with Crippen LogP contribution in [0.1, 0.15) is 59.1 Å². The van der Waals surface area contributed by atoms with E-state index in [1.54, 1.807) is 5.01 Å². The largest absolute Gasteiger partial charge is 0.453 e. The minimum absolute atomic E-state index is 0.0289. The molecule has 0 saturated heterocycles. The van der Waals surface area contributed by atoms with Crippen LogP contribution in [0.5, 0.6) is 0 Å².